The summed E-state index contributed by atoms with van der Waals surface area (Å²) in [6.45, 7) is 4.24. The SMILES string of the molecule is CC(C)(CO)CNC(=O)c1ccnc(Br)c1. The number of aromatic nitrogens is 1. The average molecular weight is 287 g/mol. The minimum absolute atomic E-state index is 0.0350. The molecule has 1 aromatic rings. The van der Waals surface area contributed by atoms with E-state index in [4.69, 9.17) is 5.11 Å². The summed E-state index contributed by atoms with van der Waals surface area (Å²) in [5, 5.41) is 11.8. The van der Waals surface area contributed by atoms with Crippen molar-refractivity contribution in [2.45, 2.75) is 13.8 Å². The highest BCUT2D eigenvalue weighted by atomic mass is 79.9. The highest BCUT2D eigenvalue weighted by Crippen LogP contribution is 2.12. The number of aliphatic hydroxyl groups excluding tert-OH is 1. The van der Waals surface area contributed by atoms with Crippen LogP contribution in [0.3, 0.4) is 0 Å². The van der Waals surface area contributed by atoms with Gasteiger partial charge in [0.15, 0.2) is 0 Å². The van der Waals surface area contributed by atoms with Gasteiger partial charge in [-0.3, -0.25) is 4.79 Å². The Morgan fingerprint density at radius 1 is 1.62 bits per heavy atom. The van der Waals surface area contributed by atoms with Gasteiger partial charge < -0.3 is 10.4 Å². The monoisotopic (exact) mass is 286 g/mol. The van der Waals surface area contributed by atoms with Crippen molar-refractivity contribution in [3.8, 4) is 0 Å². The molecule has 0 saturated heterocycles. The third-order valence-corrected chi connectivity index (χ3v) is 2.58. The predicted molar refractivity (Wildman–Crippen MR) is 65.1 cm³/mol. The Labute approximate surface area is 103 Å². The van der Waals surface area contributed by atoms with Gasteiger partial charge in [0.1, 0.15) is 4.60 Å². The zero-order chi connectivity index (χ0) is 12.2. The molecule has 0 bridgehead atoms. The molecule has 0 aromatic carbocycles. The smallest absolute Gasteiger partial charge is 0.251 e. The lowest BCUT2D eigenvalue weighted by atomic mass is 9.95. The lowest BCUT2D eigenvalue weighted by Crippen LogP contribution is -2.36. The van der Waals surface area contributed by atoms with Gasteiger partial charge in [0.25, 0.3) is 5.91 Å². The zero-order valence-corrected chi connectivity index (χ0v) is 10.9. The lowest BCUT2D eigenvalue weighted by molar-refractivity contribution is 0.0911. The number of carbonyl (C=O) groups is 1. The third-order valence-electron chi connectivity index (χ3n) is 2.14. The largest absolute Gasteiger partial charge is 0.396 e. The van der Waals surface area contributed by atoms with E-state index in [1.165, 1.54) is 0 Å². The molecule has 0 atom stereocenters. The number of halogens is 1. The van der Waals surface area contributed by atoms with Crippen molar-refractivity contribution in [1.29, 1.82) is 0 Å². The lowest BCUT2D eigenvalue weighted by Gasteiger charge is -2.21. The molecule has 16 heavy (non-hydrogen) atoms. The van der Waals surface area contributed by atoms with E-state index in [2.05, 4.69) is 26.2 Å². The van der Waals surface area contributed by atoms with Gasteiger partial charge in [-0.15, -0.1) is 0 Å². The summed E-state index contributed by atoms with van der Waals surface area (Å²) in [4.78, 5) is 15.7. The predicted octanol–water partition coefficient (Wildman–Crippen LogP) is 1.59. The minimum Gasteiger partial charge on any atom is -0.396 e. The summed E-state index contributed by atoms with van der Waals surface area (Å²) in [6.07, 6.45) is 1.57. The Kier molecular flexibility index (Phi) is 4.44. The number of carbonyl (C=O) groups excluding carboxylic acids is 1. The number of nitrogens with zero attached hydrogens (tertiary/aromatic N) is 1. The summed E-state index contributed by atoms with van der Waals surface area (Å²) < 4.78 is 0.626. The van der Waals surface area contributed by atoms with Crippen LogP contribution < -0.4 is 5.32 Å². The number of rotatable bonds is 4. The normalized spacial score (nSPS) is 11.2. The van der Waals surface area contributed by atoms with Crippen LogP contribution >= 0.6 is 15.9 Å². The number of hydrogen-bond donors (Lipinski definition) is 2. The fourth-order valence-electron chi connectivity index (χ4n) is 1.02. The molecule has 0 radical (unpaired) electrons. The van der Waals surface area contributed by atoms with Gasteiger partial charge in [0, 0.05) is 30.3 Å². The van der Waals surface area contributed by atoms with E-state index in [9.17, 15) is 4.79 Å². The highest BCUT2D eigenvalue weighted by molar-refractivity contribution is 9.10. The topological polar surface area (TPSA) is 62.2 Å². The first-order valence-electron chi connectivity index (χ1n) is 4.95. The van der Waals surface area contributed by atoms with Crippen LogP contribution in [0.4, 0.5) is 0 Å². The van der Waals surface area contributed by atoms with Crippen molar-refractivity contribution in [2.24, 2.45) is 5.41 Å². The average Bonchev–Trinajstić information content (AvgIpc) is 2.26. The van der Waals surface area contributed by atoms with Crippen LogP contribution in [0.1, 0.15) is 24.2 Å². The Hall–Kier alpha value is -0.940. The summed E-state index contributed by atoms with van der Waals surface area (Å²) in [6, 6.07) is 3.30. The second-order valence-corrected chi connectivity index (χ2v) is 5.18. The summed E-state index contributed by atoms with van der Waals surface area (Å²) in [5.74, 6) is -0.162. The van der Waals surface area contributed by atoms with E-state index in [1.807, 2.05) is 13.8 Å². The minimum atomic E-state index is -0.306. The van der Waals surface area contributed by atoms with Crippen LogP contribution in [0, 0.1) is 5.41 Å². The van der Waals surface area contributed by atoms with Crippen molar-refractivity contribution < 1.29 is 9.90 Å². The van der Waals surface area contributed by atoms with Crippen LogP contribution in [0.25, 0.3) is 0 Å². The van der Waals surface area contributed by atoms with Gasteiger partial charge >= 0.3 is 0 Å². The first kappa shape index (κ1) is 13.1. The van der Waals surface area contributed by atoms with Crippen LogP contribution in [0.2, 0.25) is 0 Å². The zero-order valence-electron chi connectivity index (χ0n) is 9.33. The standard InChI is InChI=1S/C11H15BrN2O2/c1-11(2,7-15)6-14-10(16)8-3-4-13-9(12)5-8/h3-5,15H,6-7H2,1-2H3,(H,14,16). The van der Waals surface area contributed by atoms with E-state index in [0.29, 0.717) is 16.7 Å². The molecule has 0 saturated carbocycles. The van der Waals surface area contributed by atoms with Crippen LogP contribution in [-0.2, 0) is 0 Å². The molecule has 5 heteroatoms. The maximum absolute atomic E-state index is 11.7. The quantitative estimate of drug-likeness (QED) is 0.827. The maximum Gasteiger partial charge on any atom is 0.251 e. The number of hydrogen-bond acceptors (Lipinski definition) is 3. The van der Waals surface area contributed by atoms with E-state index in [1.54, 1.807) is 18.3 Å². The molecule has 88 valence electrons. The first-order valence-corrected chi connectivity index (χ1v) is 5.74. The van der Waals surface area contributed by atoms with E-state index in [0.717, 1.165) is 0 Å². The van der Waals surface area contributed by atoms with E-state index < -0.39 is 0 Å². The summed E-state index contributed by atoms with van der Waals surface area (Å²) in [5.41, 5.74) is 0.246. The number of amides is 1. The number of pyridine rings is 1. The Morgan fingerprint density at radius 2 is 2.31 bits per heavy atom. The molecule has 1 aromatic heterocycles. The second-order valence-electron chi connectivity index (χ2n) is 4.37. The third kappa shape index (κ3) is 3.90. The van der Waals surface area contributed by atoms with Crippen molar-refractivity contribution in [3.63, 3.8) is 0 Å². The Balaban J connectivity index is 2.60. The number of aliphatic hydroxyl groups is 1. The molecule has 0 spiro atoms. The fourth-order valence-corrected chi connectivity index (χ4v) is 1.39. The Morgan fingerprint density at radius 3 is 2.88 bits per heavy atom. The molecule has 0 unspecified atom stereocenters. The summed E-state index contributed by atoms with van der Waals surface area (Å²) >= 11 is 3.20. The van der Waals surface area contributed by atoms with Crippen LogP contribution in [-0.4, -0.2) is 29.1 Å². The van der Waals surface area contributed by atoms with E-state index in [-0.39, 0.29) is 17.9 Å². The van der Waals surface area contributed by atoms with Crippen molar-refractivity contribution in [3.05, 3.63) is 28.5 Å². The van der Waals surface area contributed by atoms with Gasteiger partial charge in [-0.25, -0.2) is 4.98 Å². The molecular formula is C11H15BrN2O2. The fraction of sp³-hybridized carbons (Fsp3) is 0.455. The molecule has 4 nitrogen and oxygen atoms in total. The van der Waals surface area contributed by atoms with Crippen molar-refractivity contribution >= 4 is 21.8 Å². The van der Waals surface area contributed by atoms with Gasteiger partial charge in [-0.1, -0.05) is 13.8 Å². The van der Waals surface area contributed by atoms with Crippen molar-refractivity contribution in [1.82, 2.24) is 10.3 Å². The second kappa shape index (κ2) is 5.41. The molecule has 1 rings (SSSR count). The maximum atomic E-state index is 11.7. The van der Waals surface area contributed by atoms with Crippen LogP contribution in [0.15, 0.2) is 22.9 Å². The molecule has 0 aliphatic rings. The Bertz CT molecular complexity index is 380. The molecule has 2 N–H and O–H groups in total. The van der Waals surface area contributed by atoms with Crippen molar-refractivity contribution in [2.75, 3.05) is 13.2 Å². The van der Waals surface area contributed by atoms with Gasteiger partial charge in [-0.2, -0.15) is 0 Å². The van der Waals surface area contributed by atoms with Gasteiger partial charge in [0.2, 0.25) is 0 Å². The van der Waals surface area contributed by atoms with Gasteiger partial charge in [-0.05, 0) is 28.1 Å². The van der Waals surface area contributed by atoms with Gasteiger partial charge in [0.05, 0.1) is 0 Å². The molecular weight excluding hydrogens is 272 g/mol. The molecule has 1 amide bonds. The summed E-state index contributed by atoms with van der Waals surface area (Å²) in [7, 11) is 0. The molecule has 1 heterocycles. The molecule has 0 aliphatic heterocycles. The van der Waals surface area contributed by atoms with E-state index >= 15 is 0 Å². The number of nitrogens with one attached hydrogen (secondary N) is 1. The molecule has 0 fully saturated rings. The first-order chi connectivity index (χ1) is 7.44. The molecule has 0 aliphatic carbocycles. The van der Waals surface area contributed by atoms with Crippen LogP contribution in [0.5, 0.6) is 0 Å². The highest BCUT2D eigenvalue weighted by Gasteiger charge is 2.17.